The summed E-state index contributed by atoms with van der Waals surface area (Å²) in [7, 11) is 0. The Hall–Kier alpha value is -0.570. The van der Waals surface area contributed by atoms with E-state index in [0.717, 1.165) is 18.7 Å². The Morgan fingerprint density at radius 3 is 3.08 bits per heavy atom. The van der Waals surface area contributed by atoms with Gasteiger partial charge in [-0.3, -0.25) is 0 Å². The Bertz CT molecular complexity index is 201. The minimum absolute atomic E-state index is 0.399. The van der Waals surface area contributed by atoms with Crippen molar-refractivity contribution < 1.29 is 9.57 Å². The Morgan fingerprint density at radius 1 is 1.50 bits per heavy atom. The molecule has 2 atom stereocenters. The van der Waals surface area contributed by atoms with Crippen molar-refractivity contribution in [3.05, 3.63) is 0 Å². The van der Waals surface area contributed by atoms with E-state index >= 15 is 0 Å². The van der Waals surface area contributed by atoms with Crippen LogP contribution >= 0.6 is 0 Å². The molecule has 2 heterocycles. The zero-order valence-corrected chi connectivity index (χ0v) is 7.62. The van der Waals surface area contributed by atoms with E-state index in [2.05, 4.69) is 19.0 Å². The number of oxime groups is 1. The van der Waals surface area contributed by atoms with Gasteiger partial charge < -0.3 is 9.57 Å². The molecular weight excluding hydrogens is 154 g/mol. The highest BCUT2D eigenvalue weighted by molar-refractivity contribution is 5.89. The summed E-state index contributed by atoms with van der Waals surface area (Å²) in [5.41, 5.74) is 1.10. The van der Waals surface area contributed by atoms with E-state index in [0.29, 0.717) is 24.5 Å². The minimum Gasteiger partial charge on any atom is -0.395 e. The Balaban J connectivity index is 1.98. The smallest absolute Gasteiger partial charge is 0.125 e. The van der Waals surface area contributed by atoms with Gasteiger partial charge in [0.05, 0.1) is 18.4 Å². The maximum atomic E-state index is 5.64. The van der Waals surface area contributed by atoms with Crippen molar-refractivity contribution in [1.29, 1.82) is 0 Å². The maximum absolute atomic E-state index is 5.64. The van der Waals surface area contributed by atoms with Gasteiger partial charge in [0.2, 0.25) is 0 Å². The number of hydrogen-bond donors (Lipinski definition) is 0. The molecule has 0 N–H and O–H groups in total. The lowest BCUT2D eigenvalue weighted by Gasteiger charge is -2.28. The highest BCUT2D eigenvalue weighted by Crippen LogP contribution is 2.26. The third-order valence-electron chi connectivity index (χ3n) is 2.63. The van der Waals surface area contributed by atoms with E-state index in [-0.39, 0.29) is 0 Å². The van der Waals surface area contributed by atoms with E-state index in [9.17, 15) is 0 Å². The largest absolute Gasteiger partial charge is 0.395 e. The molecule has 0 aromatic heterocycles. The standard InChI is InChI=1S/C9H15NO2/c1-6(2)9-3-7-4-12-10-8(7)5-11-9/h6-7,9H,3-5H2,1-2H3/t7-,9+/m0/s1. The summed E-state index contributed by atoms with van der Waals surface area (Å²) in [4.78, 5) is 5.03. The molecule has 3 nitrogen and oxygen atoms in total. The van der Waals surface area contributed by atoms with Crippen LogP contribution in [0.2, 0.25) is 0 Å². The average molecular weight is 169 g/mol. The monoisotopic (exact) mass is 169 g/mol. The maximum Gasteiger partial charge on any atom is 0.125 e. The summed E-state index contributed by atoms with van der Waals surface area (Å²) < 4.78 is 5.64. The molecule has 2 aliphatic heterocycles. The molecule has 0 unspecified atom stereocenters. The molecule has 0 radical (unpaired) electrons. The molecule has 3 heteroatoms. The van der Waals surface area contributed by atoms with Gasteiger partial charge in [-0.1, -0.05) is 19.0 Å². The van der Waals surface area contributed by atoms with Gasteiger partial charge in [0.1, 0.15) is 6.61 Å². The molecule has 0 aromatic rings. The highest BCUT2D eigenvalue weighted by atomic mass is 16.6. The number of hydrogen-bond acceptors (Lipinski definition) is 3. The zero-order chi connectivity index (χ0) is 8.55. The lowest BCUT2D eigenvalue weighted by molar-refractivity contribution is 0.0142. The zero-order valence-electron chi connectivity index (χ0n) is 7.62. The molecule has 0 aliphatic carbocycles. The van der Waals surface area contributed by atoms with Crippen LogP contribution in [0.3, 0.4) is 0 Å². The summed E-state index contributed by atoms with van der Waals surface area (Å²) in [5.74, 6) is 1.14. The molecule has 0 spiro atoms. The predicted octanol–water partition coefficient (Wildman–Crippen LogP) is 1.43. The van der Waals surface area contributed by atoms with Crippen LogP contribution in [0.5, 0.6) is 0 Å². The normalized spacial score (nSPS) is 34.4. The van der Waals surface area contributed by atoms with Crippen LogP contribution in [-0.2, 0) is 9.57 Å². The van der Waals surface area contributed by atoms with Gasteiger partial charge in [0, 0.05) is 5.92 Å². The Labute approximate surface area is 72.7 Å². The van der Waals surface area contributed by atoms with Gasteiger partial charge in [0.15, 0.2) is 0 Å². The van der Waals surface area contributed by atoms with Gasteiger partial charge in [-0.05, 0) is 12.3 Å². The lowest BCUT2D eigenvalue weighted by atomic mass is 9.90. The quantitative estimate of drug-likeness (QED) is 0.594. The van der Waals surface area contributed by atoms with E-state index in [1.54, 1.807) is 0 Å². The van der Waals surface area contributed by atoms with Crippen LogP contribution in [0.4, 0.5) is 0 Å². The van der Waals surface area contributed by atoms with Crippen molar-refractivity contribution >= 4 is 5.71 Å². The van der Waals surface area contributed by atoms with Crippen LogP contribution in [0.15, 0.2) is 5.16 Å². The van der Waals surface area contributed by atoms with Gasteiger partial charge in [0.25, 0.3) is 0 Å². The van der Waals surface area contributed by atoms with Crippen molar-refractivity contribution in [1.82, 2.24) is 0 Å². The van der Waals surface area contributed by atoms with Crippen LogP contribution in [0.25, 0.3) is 0 Å². The third-order valence-corrected chi connectivity index (χ3v) is 2.63. The van der Waals surface area contributed by atoms with Gasteiger partial charge in [-0.15, -0.1) is 0 Å². The fourth-order valence-corrected chi connectivity index (χ4v) is 1.73. The molecule has 0 bridgehead atoms. The summed E-state index contributed by atoms with van der Waals surface area (Å²) in [6.45, 7) is 5.83. The molecule has 68 valence electrons. The third kappa shape index (κ3) is 1.33. The van der Waals surface area contributed by atoms with Crippen molar-refractivity contribution in [2.45, 2.75) is 26.4 Å². The topological polar surface area (TPSA) is 30.8 Å². The fourth-order valence-electron chi connectivity index (χ4n) is 1.73. The number of rotatable bonds is 1. The highest BCUT2D eigenvalue weighted by Gasteiger charge is 2.33. The summed E-state index contributed by atoms with van der Waals surface area (Å²) in [6, 6.07) is 0. The predicted molar refractivity (Wildman–Crippen MR) is 46.1 cm³/mol. The Kier molecular flexibility index (Phi) is 2.05. The number of ether oxygens (including phenoxy) is 1. The summed E-state index contributed by atoms with van der Waals surface area (Å²) in [5, 5.41) is 3.94. The first-order valence-electron chi connectivity index (χ1n) is 4.57. The van der Waals surface area contributed by atoms with Crippen LogP contribution in [-0.4, -0.2) is 25.0 Å². The molecular formula is C9H15NO2. The van der Waals surface area contributed by atoms with Crippen LogP contribution < -0.4 is 0 Å². The number of nitrogens with zero attached hydrogens (tertiary/aromatic N) is 1. The first-order chi connectivity index (χ1) is 5.77. The molecule has 2 rings (SSSR count). The first kappa shape index (κ1) is 8.05. The van der Waals surface area contributed by atoms with Crippen molar-refractivity contribution in [3.8, 4) is 0 Å². The first-order valence-corrected chi connectivity index (χ1v) is 4.57. The van der Waals surface area contributed by atoms with E-state index in [4.69, 9.17) is 9.57 Å². The number of fused-ring (bicyclic) bond motifs is 1. The minimum atomic E-state index is 0.399. The molecule has 0 aromatic carbocycles. The molecule has 0 amide bonds. The molecule has 1 fully saturated rings. The molecule has 0 saturated carbocycles. The molecule has 1 saturated heterocycles. The van der Waals surface area contributed by atoms with Crippen molar-refractivity contribution in [3.63, 3.8) is 0 Å². The van der Waals surface area contributed by atoms with Gasteiger partial charge >= 0.3 is 0 Å². The summed E-state index contributed by atoms with van der Waals surface area (Å²) >= 11 is 0. The van der Waals surface area contributed by atoms with Crippen molar-refractivity contribution in [2.24, 2.45) is 17.0 Å². The second-order valence-electron chi connectivity index (χ2n) is 3.90. The van der Waals surface area contributed by atoms with Crippen LogP contribution in [0, 0.1) is 11.8 Å². The van der Waals surface area contributed by atoms with Gasteiger partial charge in [-0.2, -0.15) is 0 Å². The van der Waals surface area contributed by atoms with E-state index < -0.39 is 0 Å². The summed E-state index contributed by atoms with van der Waals surface area (Å²) in [6.07, 6.45) is 1.48. The van der Waals surface area contributed by atoms with Gasteiger partial charge in [-0.25, -0.2) is 0 Å². The average Bonchev–Trinajstić information content (AvgIpc) is 2.49. The van der Waals surface area contributed by atoms with E-state index in [1.165, 1.54) is 0 Å². The van der Waals surface area contributed by atoms with E-state index in [1.807, 2.05) is 0 Å². The van der Waals surface area contributed by atoms with Crippen LogP contribution in [0.1, 0.15) is 20.3 Å². The fraction of sp³-hybridized carbons (Fsp3) is 0.889. The van der Waals surface area contributed by atoms with Crippen molar-refractivity contribution in [2.75, 3.05) is 13.2 Å². The second kappa shape index (κ2) is 3.05. The second-order valence-corrected chi connectivity index (χ2v) is 3.90. The Morgan fingerprint density at radius 2 is 2.33 bits per heavy atom. The molecule has 2 aliphatic rings. The molecule has 12 heavy (non-hydrogen) atoms. The SMILES string of the molecule is CC(C)[C@H]1C[C@H]2CON=C2CO1. The lowest BCUT2D eigenvalue weighted by Crippen LogP contribution is -2.36.